The van der Waals surface area contributed by atoms with Crippen LogP contribution in [-0.4, -0.2) is 34.5 Å². The normalized spacial score (nSPS) is 16.2. The van der Waals surface area contributed by atoms with E-state index in [0.29, 0.717) is 18.9 Å². The second-order valence-corrected chi connectivity index (χ2v) is 5.51. The van der Waals surface area contributed by atoms with Gasteiger partial charge in [-0.3, -0.25) is 9.59 Å². The van der Waals surface area contributed by atoms with Crippen LogP contribution < -0.4 is 0 Å². The first kappa shape index (κ1) is 15.0. The Kier molecular flexibility index (Phi) is 6.16. The standard InChI is InChI=1S/C14H25NO3/c1-11(2)15(10-9-14(17)18)13(16)8-7-12-5-3-4-6-12/h11-12H,3-10H2,1-2H3,(H,17,18). The van der Waals surface area contributed by atoms with Gasteiger partial charge in [-0.15, -0.1) is 0 Å². The Labute approximate surface area is 109 Å². The lowest BCUT2D eigenvalue weighted by molar-refractivity contribution is -0.139. The second kappa shape index (κ2) is 7.39. The summed E-state index contributed by atoms with van der Waals surface area (Å²) in [6, 6.07) is 0.0837. The first-order valence-corrected chi connectivity index (χ1v) is 7.02. The van der Waals surface area contributed by atoms with E-state index in [0.717, 1.165) is 6.42 Å². The van der Waals surface area contributed by atoms with Gasteiger partial charge in [0.15, 0.2) is 0 Å². The van der Waals surface area contributed by atoms with Crippen LogP contribution in [-0.2, 0) is 9.59 Å². The Bertz CT molecular complexity index is 283. The first-order valence-electron chi connectivity index (χ1n) is 7.02. The Hall–Kier alpha value is -1.06. The van der Waals surface area contributed by atoms with Gasteiger partial charge in [0.25, 0.3) is 0 Å². The molecule has 104 valence electrons. The summed E-state index contributed by atoms with van der Waals surface area (Å²) >= 11 is 0. The summed E-state index contributed by atoms with van der Waals surface area (Å²) in [5.41, 5.74) is 0. The molecule has 0 aromatic heterocycles. The molecule has 0 aromatic carbocycles. The SMILES string of the molecule is CC(C)N(CCC(=O)O)C(=O)CCC1CCCC1. The maximum Gasteiger partial charge on any atom is 0.305 e. The first-order chi connectivity index (χ1) is 8.50. The molecular formula is C14H25NO3. The molecule has 1 rings (SSSR count). The largest absolute Gasteiger partial charge is 0.481 e. The Morgan fingerprint density at radius 3 is 2.33 bits per heavy atom. The number of carboxylic acids is 1. The topological polar surface area (TPSA) is 57.6 Å². The highest BCUT2D eigenvalue weighted by atomic mass is 16.4. The molecule has 4 heteroatoms. The summed E-state index contributed by atoms with van der Waals surface area (Å²) in [6.45, 7) is 4.21. The van der Waals surface area contributed by atoms with Gasteiger partial charge >= 0.3 is 5.97 Å². The van der Waals surface area contributed by atoms with E-state index in [9.17, 15) is 9.59 Å². The van der Waals surface area contributed by atoms with Gasteiger partial charge < -0.3 is 10.0 Å². The van der Waals surface area contributed by atoms with Crippen LogP contribution in [0.3, 0.4) is 0 Å². The van der Waals surface area contributed by atoms with Gasteiger partial charge in [0.05, 0.1) is 6.42 Å². The van der Waals surface area contributed by atoms with Crippen molar-refractivity contribution in [3.05, 3.63) is 0 Å². The Morgan fingerprint density at radius 1 is 1.22 bits per heavy atom. The number of rotatable bonds is 7. The van der Waals surface area contributed by atoms with E-state index in [1.807, 2.05) is 13.8 Å². The van der Waals surface area contributed by atoms with Crippen molar-refractivity contribution < 1.29 is 14.7 Å². The predicted molar refractivity (Wildman–Crippen MR) is 70.3 cm³/mol. The fourth-order valence-corrected chi connectivity index (χ4v) is 2.66. The molecule has 0 radical (unpaired) electrons. The zero-order valence-corrected chi connectivity index (χ0v) is 11.5. The summed E-state index contributed by atoms with van der Waals surface area (Å²) in [5, 5.41) is 8.69. The molecule has 0 saturated heterocycles. The third-order valence-corrected chi connectivity index (χ3v) is 3.75. The fourth-order valence-electron chi connectivity index (χ4n) is 2.66. The number of nitrogens with zero attached hydrogens (tertiary/aromatic N) is 1. The highest BCUT2D eigenvalue weighted by Crippen LogP contribution is 2.28. The maximum absolute atomic E-state index is 12.1. The quantitative estimate of drug-likeness (QED) is 0.761. The van der Waals surface area contributed by atoms with Crippen LogP contribution in [0, 0.1) is 5.92 Å². The molecule has 1 amide bonds. The summed E-state index contributed by atoms with van der Waals surface area (Å²) in [6.07, 6.45) is 6.68. The molecule has 0 unspecified atom stereocenters. The fraction of sp³-hybridized carbons (Fsp3) is 0.857. The van der Waals surface area contributed by atoms with Crippen LogP contribution in [0.15, 0.2) is 0 Å². The molecule has 0 bridgehead atoms. The minimum absolute atomic E-state index is 0.0351. The van der Waals surface area contributed by atoms with E-state index in [-0.39, 0.29) is 18.4 Å². The van der Waals surface area contributed by atoms with E-state index in [1.54, 1.807) is 4.90 Å². The van der Waals surface area contributed by atoms with Crippen LogP contribution in [0.25, 0.3) is 0 Å². The smallest absolute Gasteiger partial charge is 0.305 e. The van der Waals surface area contributed by atoms with Gasteiger partial charge in [-0.05, 0) is 26.2 Å². The molecule has 0 aromatic rings. The molecule has 18 heavy (non-hydrogen) atoms. The third-order valence-electron chi connectivity index (χ3n) is 3.75. The van der Waals surface area contributed by atoms with Crippen molar-refractivity contribution in [2.24, 2.45) is 5.92 Å². The lowest BCUT2D eigenvalue weighted by atomic mass is 10.0. The lowest BCUT2D eigenvalue weighted by Gasteiger charge is -2.26. The second-order valence-electron chi connectivity index (χ2n) is 5.51. The molecule has 1 aliphatic rings. The van der Waals surface area contributed by atoms with E-state index < -0.39 is 5.97 Å². The summed E-state index contributed by atoms with van der Waals surface area (Å²) in [7, 11) is 0. The molecule has 0 atom stereocenters. The maximum atomic E-state index is 12.1. The van der Waals surface area contributed by atoms with E-state index >= 15 is 0 Å². The van der Waals surface area contributed by atoms with Crippen molar-refractivity contribution >= 4 is 11.9 Å². The van der Waals surface area contributed by atoms with Crippen molar-refractivity contribution in [1.29, 1.82) is 0 Å². The Morgan fingerprint density at radius 2 is 1.83 bits per heavy atom. The van der Waals surface area contributed by atoms with Crippen LogP contribution in [0.2, 0.25) is 0 Å². The van der Waals surface area contributed by atoms with Gasteiger partial charge in [0.2, 0.25) is 5.91 Å². The average Bonchev–Trinajstić information content (AvgIpc) is 2.78. The molecule has 4 nitrogen and oxygen atoms in total. The van der Waals surface area contributed by atoms with Crippen molar-refractivity contribution in [1.82, 2.24) is 4.90 Å². The number of hydrogen-bond acceptors (Lipinski definition) is 2. The Balaban J connectivity index is 2.35. The molecule has 1 fully saturated rings. The molecule has 0 heterocycles. The van der Waals surface area contributed by atoms with Gasteiger partial charge in [0, 0.05) is 19.0 Å². The van der Waals surface area contributed by atoms with Crippen molar-refractivity contribution in [2.75, 3.05) is 6.54 Å². The third kappa shape index (κ3) is 5.07. The number of hydrogen-bond donors (Lipinski definition) is 1. The molecule has 0 aliphatic heterocycles. The number of carbonyl (C=O) groups excluding carboxylic acids is 1. The van der Waals surface area contributed by atoms with E-state index in [2.05, 4.69) is 0 Å². The zero-order chi connectivity index (χ0) is 13.5. The number of amides is 1. The highest BCUT2D eigenvalue weighted by Gasteiger charge is 2.21. The highest BCUT2D eigenvalue weighted by molar-refractivity contribution is 5.77. The lowest BCUT2D eigenvalue weighted by Crippen LogP contribution is -2.38. The van der Waals surface area contributed by atoms with E-state index in [1.165, 1.54) is 25.7 Å². The van der Waals surface area contributed by atoms with Crippen molar-refractivity contribution in [3.8, 4) is 0 Å². The van der Waals surface area contributed by atoms with Gasteiger partial charge in [-0.1, -0.05) is 25.7 Å². The summed E-state index contributed by atoms with van der Waals surface area (Å²) < 4.78 is 0. The van der Waals surface area contributed by atoms with Crippen LogP contribution in [0.1, 0.15) is 58.8 Å². The van der Waals surface area contributed by atoms with Gasteiger partial charge in [0.1, 0.15) is 0 Å². The average molecular weight is 255 g/mol. The van der Waals surface area contributed by atoms with Crippen LogP contribution in [0.5, 0.6) is 0 Å². The monoisotopic (exact) mass is 255 g/mol. The molecule has 0 spiro atoms. The summed E-state index contributed by atoms with van der Waals surface area (Å²) in [5.74, 6) is -0.0233. The zero-order valence-electron chi connectivity index (χ0n) is 11.5. The minimum atomic E-state index is -0.843. The molecule has 1 aliphatic carbocycles. The van der Waals surface area contributed by atoms with E-state index in [4.69, 9.17) is 5.11 Å². The number of aliphatic carboxylic acids is 1. The number of carboxylic acid groups (broad SMARTS) is 1. The predicted octanol–water partition coefficient (Wildman–Crippen LogP) is 2.67. The molecular weight excluding hydrogens is 230 g/mol. The van der Waals surface area contributed by atoms with Crippen LogP contribution >= 0.6 is 0 Å². The minimum Gasteiger partial charge on any atom is -0.481 e. The van der Waals surface area contributed by atoms with Gasteiger partial charge in [-0.25, -0.2) is 0 Å². The van der Waals surface area contributed by atoms with Crippen molar-refractivity contribution in [2.45, 2.75) is 64.8 Å². The van der Waals surface area contributed by atoms with Gasteiger partial charge in [-0.2, -0.15) is 0 Å². The molecule has 1 saturated carbocycles. The number of carbonyl (C=O) groups is 2. The van der Waals surface area contributed by atoms with Crippen molar-refractivity contribution in [3.63, 3.8) is 0 Å². The summed E-state index contributed by atoms with van der Waals surface area (Å²) in [4.78, 5) is 24.4. The van der Waals surface area contributed by atoms with Crippen LogP contribution in [0.4, 0.5) is 0 Å². The molecule has 1 N–H and O–H groups in total.